The molecule has 0 fully saturated rings. The fraction of sp³-hybridized carbons (Fsp3) is 0.161. The van der Waals surface area contributed by atoms with Crippen LogP contribution in [0.3, 0.4) is 0 Å². The van der Waals surface area contributed by atoms with E-state index in [9.17, 15) is 16.8 Å². The number of anilines is 2. The maximum absolute atomic E-state index is 13.1. The average Bonchev–Trinajstić information content (AvgIpc) is 3.00. The van der Waals surface area contributed by atoms with Gasteiger partial charge in [0, 0.05) is 22.7 Å². The third kappa shape index (κ3) is 6.07. The lowest BCUT2D eigenvalue weighted by atomic mass is 10.0. The number of nitrogens with two attached hydrogens (primary N) is 1. The van der Waals surface area contributed by atoms with Gasteiger partial charge < -0.3 is 10.5 Å². The van der Waals surface area contributed by atoms with Crippen LogP contribution < -0.4 is 15.2 Å². The Kier molecular flexibility index (Phi) is 8.15. The summed E-state index contributed by atoms with van der Waals surface area (Å²) in [5, 5.41) is 0.791. The lowest BCUT2D eigenvalue weighted by Crippen LogP contribution is -2.14. The highest BCUT2D eigenvalue weighted by atomic mass is 32.2. The van der Waals surface area contributed by atoms with E-state index in [-0.39, 0.29) is 27.1 Å². The Balaban J connectivity index is 1.53. The van der Waals surface area contributed by atoms with Crippen molar-refractivity contribution in [2.45, 2.75) is 30.1 Å². The summed E-state index contributed by atoms with van der Waals surface area (Å²) in [6.07, 6.45) is 2.36. The number of sulfonamides is 1. The minimum Gasteiger partial charge on any atom is -0.476 e. The number of hydrogen-bond donors (Lipinski definition) is 2. The topological polar surface area (TPSA) is 141 Å². The molecule has 3 aromatic carbocycles. The second-order valence-electron chi connectivity index (χ2n) is 9.60. The molecule has 0 aliphatic heterocycles. The number of ether oxygens (including phenoxy) is 1. The van der Waals surface area contributed by atoms with Gasteiger partial charge in [0.15, 0.2) is 9.84 Å². The maximum Gasteiger partial charge on any atom is 0.262 e. The molecule has 0 atom stereocenters. The standard InChI is InChI=1S/C31H30N4O5S2/c1-3-16-40-31-29(35-42(38,39)26-8-6-5-7-9-26)19-24(20-33-31)22-12-15-28-23(17-22)18-27(30(32)34-28)21-10-13-25(14-11-21)41(36,37)4-2/h5-15,17-20,35H,3-4,16H2,1-2H3,(H2,32,34). The Hall–Kier alpha value is -4.48. The minimum absolute atomic E-state index is 0.0186. The number of nitrogens with one attached hydrogen (secondary N) is 1. The van der Waals surface area contributed by atoms with Gasteiger partial charge in [0.1, 0.15) is 11.5 Å². The number of aromatic nitrogens is 2. The van der Waals surface area contributed by atoms with Crippen LogP contribution in [0.4, 0.5) is 11.5 Å². The van der Waals surface area contributed by atoms with Gasteiger partial charge in [0.2, 0.25) is 5.88 Å². The number of fused-ring (bicyclic) bond motifs is 1. The molecule has 0 spiro atoms. The zero-order valence-corrected chi connectivity index (χ0v) is 24.7. The first kappa shape index (κ1) is 29.0. The summed E-state index contributed by atoms with van der Waals surface area (Å²) in [6, 6.07) is 23.9. The second kappa shape index (κ2) is 11.8. The van der Waals surface area contributed by atoms with E-state index >= 15 is 0 Å². The van der Waals surface area contributed by atoms with Gasteiger partial charge in [0.05, 0.1) is 27.7 Å². The van der Waals surface area contributed by atoms with Crippen molar-refractivity contribution in [3.63, 3.8) is 0 Å². The lowest BCUT2D eigenvalue weighted by Gasteiger charge is -2.14. The smallest absolute Gasteiger partial charge is 0.262 e. The predicted octanol–water partition coefficient (Wildman–Crippen LogP) is 5.93. The Morgan fingerprint density at radius 1 is 0.810 bits per heavy atom. The normalized spacial score (nSPS) is 11.9. The van der Waals surface area contributed by atoms with Crippen molar-refractivity contribution in [3.05, 3.63) is 91.1 Å². The van der Waals surface area contributed by atoms with Gasteiger partial charge in [-0.15, -0.1) is 0 Å². The number of rotatable bonds is 10. The van der Waals surface area contributed by atoms with E-state index in [4.69, 9.17) is 10.5 Å². The molecule has 216 valence electrons. The van der Waals surface area contributed by atoms with Gasteiger partial charge in [-0.3, -0.25) is 4.72 Å². The number of nitrogen functional groups attached to an aromatic ring is 1. The van der Waals surface area contributed by atoms with E-state index in [0.29, 0.717) is 29.1 Å². The van der Waals surface area contributed by atoms with E-state index in [1.54, 1.807) is 61.7 Å². The second-order valence-corrected chi connectivity index (χ2v) is 13.6. The highest BCUT2D eigenvalue weighted by Gasteiger charge is 2.19. The molecule has 42 heavy (non-hydrogen) atoms. The molecule has 9 nitrogen and oxygen atoms in total. The summed E-state index contributed by atoms with van der Waals surface area (Å²) < 4.78 is 59.0. The molecule has 2 heterocycles. The van der Waals surface area contributed by atoms with Gasteiger partial charge in [-0.25, -0.2) is 26.8 Å². The summed E-state index contributed by atoms with van der Waals surface area (Å²) in [5.41, 5.74) is 10.0. The number of benzene rings is 3. The summed E-state index contributed by atoms with van der Waals surface area (Å²) in [7, 11) is -7.20. The van der Waals surface area contributed by atoms with Gasteiger partial charge in [-0.2, -0.15) is 0 Å². The van der Waals surface area contributed by atoms with E-state index < -0.39 is 19.9 Å². The number of pyridine rings is 2. The molecule has 0 bridgehead atoms. The van der Waals surface area contributed by atoms with Crippen LogP contribution >= 0.6 is 0 Å². The van der Waals surface area contributed by atoms with Crippen molar-refractivity contribution in [2.24, 2.45) is 0 Å². The van der Waals surface area contributed by atoms with Crippen molar-refractivity contribution in [3.8, 4) is 28.1 Å². The Labute approximate surface area is 245 Å². The third-order valence-electron chi connectivity index (χ3n) is 6.67. The minimum atomic E-state index is -3.88. The average molecular weight is 603 g/mol. The molecule has 5 aromatic rings. The Morgan fingerprint density at radius 2 is 1.52 bits per heavy atom. The van der Waals surface area contributed by atoms with Crippen LogP contribution in [0.5, 0.6) is 5.88 Å². The number of nitrogens with zero attached hydrogens (tertiary/aromatic N) is 2. The van der Waals surface area contributed by atoms with Crippen LogP contribution in [-0.4, -0.2) is 39.2 Å². The first-order valence-electron chi connectivity index (χ1n) is 13.4. The summed E-state index contributed by atoms with van der Waals surface area (Å²) >= 11 is 0. The summed E-state index contributed by atoms with van der Waals surface area (Å²) in [4.78, 5) is 9.36. The highest BCUT2D eigenvalue weighted by molar-refractivity contribution is 7.92. The van der Waals surface area contributed by atoms with E-state index in [2.05, 4.69) is 14.7 Å². The van der Waals surface area contributed by atoms with Gasteiger partial charge in [-0.1, -0.05) is 50.2 Å². The van der Waals surface area contributed by atoms with Gasteiger partial charge in [0.25, 0.3) is 10.0 Å². The van der Waals surface area contributed by atoms with Crippen molar-refractivity contribution in [1.82, 2.24) is 9.97 Å². The monoisotopic (exact) mass is 602 g/mol. The molecular formula is C31H30N4O5S2. The van der Waals surface area contributed by atoms with Crippen LogP contribution in [0.25, 0.3) is 33.2 Å². The number of hydrogen-bond acceptors (Lipinski definition) is 8. The fourth-order valence-corrected chi connectivity index (χ4v) is 6.36. The van der Waals surface area contributed by atoms with Crippen molar-refractivity contribution in [2.75, 3.05) is 22.8 Å². The molecule has 5 rings (SSSR count). The van der Waals surface area contributed by atoms with Crippen LogP contribution in [0.1, 0.15) is 20.3 Å². The van der Waals surface area contributed by atoms with Crippen LogP contribution in [0.15, 0.2) is 101 Å². The summed E-state index contributed by atoms with van der Waals surface area (Å²) in [5.74, 6) is 0.523. The van der Waals surface area contributed by atoms with Crippen molar-refractivity contribution >= 4 is 42.3 Å². The van der Waals surface area contributed by atoms with Crippen molar-refractivity contribution < 1.29 is 21.6 Å². The zero-order valence-electron chi connectivity index (χ0n) is 23.1. The first-order chi connectivity index (χ1) is 20.1. The van der Waals surface area contributed by atoms with Crippen LogP contribution in [0.2, 0.25) is 0 Å². The van der Waals surface area contributed by atoms with Crippen molar-refractivity contribution in [1.29, 1.82) is 0 Å². The SMILES string of the molecule is CCCOc1ncc(-c2ccc3nc(N)c(-c4ccc(S(=O)(=O)CC)cc4)cc3c2)cc1NS(=O)(=O)c1ccccc1. The molecule has 0 unspecified atom stereocenters. The lowest BCUT2D eigenvalue weighted by molar-refractivity contribution is 0.307. The molecule has 3 N–H and O–H groups in total. The van der Waals surface area contributed by atoms with E-state index in [1.807, 2.05) is 31.2 Å². The molecule has 0 aliphatic carbocycles. The van der Waals surface area contributed by atoms with Crippen LogP contribution in [-0.2, 0) is 19.9 Å². The number of sulfone groups is 1. The van der Waals surface area contributed by atoms with Gasteiger partial charge in [-0.05, 0) is 66.1 Å². The molecule has 0 saturated carbocycles. The molecular weight excluding hydrogens is 572 g/mol. The zero-order chi connectivity index (χ0) is 29.9. The predicted molar refractivity (Wildman–Crippen MR) is 166 cm³/mol. The fourth-order valence-electron chi connectivity index (χ4n) is 4.41. The quantitative estimate of drug-likeness (QED) is 0.200. The van der Waals surface area contributed by atoms with E-state index in [1.165, 1.54) is 12.1 Å². The molecule has 11 heteroatoms. The van der Waals surface area contributed by atoms with Gasteiger partial charge >= 0.3 is 0 Å². The van der Waals surface area contributed by atoms with E-state index in [0.717, 1.165) is 22.9 Å². The third-order valence-corrected chi connectivity index (χ3v) is 9.81. The Bertz CT molecular complexity index is 1960. The molecule has 0 radical (unpaired) electrons. The maximum atomic E-state index is 13.1. The molecule has 2 aromatic heterocycles. The molecule has 0 saturated heterocycles. The molecule has 0 aliphatic rings. The Morgan fingerprint density at radius 3 is 2.21 bits per heavy atom. The largest absolute Gasteiger partial charge is 0.476 e. The van der Waals surface area contributed by atoms with Crippen LogP contribution in [0, 0.1) is 0 Å². The first-order valence-corrected chi connectivity index (χ1v) is 16.5. The highest BCUT2D eigenvalue weighted by Crippen LogP contribution is 2.34. The summed E-state index contributed by atoms with van der Waals surface area (Å²) in [6.45, 7) is 3.94. The molecule has 0 amide bonds.